The summed E-state index contributed by atoms with van der Waals surface area (Å²) in [5, 5.41) is 8.54. The number of Topliss-reactive ketones (excluding diaryl/α,β-unsaturated/α-hetero) is 1. The van der Waals surface area contributed by atoms with Crippen LogP contribution in [0.1, 0.15) is 95.5 Å². The molecule has 9 heteroatoms. The van der Waals surface area contributed by atoms with Crippen LogP contribution in [0.25, 0.3) is 11.3 Å². The SMILES string of the molecule is CC=O.CCC(C)C(C)(C)C(=O)c1ccc(-c2cnc(N3CCN(C)C(CC(C)C)C3)nc2)nc1C.CCc1cccnc1C#N. The Hall–Kier alpha value is -4.03. The van der Waals surface area contributed by atoms with Gasteiger partial charge in [-0.2, -0.15) is 5.26 Å². The van der Waals surface area contributed by atoms with Crippen molar-refractivity contribution in [1.29, 1.82) is 5.26 Å². The molecule has 9 nitrogen and oxygen atoms in total. The molecule has 0 saturated carbocycles. The van der Waals surface area contributed by atoms with Gasteiger partial charge in [0.05, 0.1) is 5.69 Å². The van der Waals surface area contributed by atoms with Crippen LogP contribution in [-0.4, -0.2) is 69.6 Å². The molecule has 4 heterocycles. The van der Waals surface area contributed by atoms with Crippen LogP contribution in [-0.2, 0) is 11.2 Å². The van der Waals surface area contributed by atoms with E-state index in [1.165, 1.54) is 13.3 Å². The number of aldehydes is 1. The maximum Gasteiger partial charge on any atom is 0.225 e. The maximum absolute atomic E-state index is 13.2. The normalized spacial score (nSPS) is 15.5. The number of carbonyl (C=O) groups is 2. The summed E-state index contributed by atoms with van der Waals surface area (Å²) in [5.74, 6) is 1.91. The summed E-state index contributed by atoms with van der Waals surface area (Å²) in [5.41, 5.74) is 4.28. The molecule has 1 aliphatic rings. The first-order chi connectivity index (χ1) is 21.8. The van der Waals surface area contributed by atoms with Crippen molar-refractivity contribution in [3.05, 3.63) is 65.4 Å². The Kier molecular flexibility index (Phi) is 15.1. The fourth-order valence-corrected chi connectivity index (χ4v) is 5.41. The molecule has 3 aromatic rings. The molecule has 0 aliphatic carbocycles. The molecule has 46 heavy (non-hydrogen) atoms. The van der Waals surface area contributed by atoms with Crippen LogP contribution >= 0.6 is 0 Å². The van der Waals surface area contributed by atoms with Crippen molar-refractivity contribution in [3.63, 3.8) is 0 Å². The summed E-state index contributed by atoms with van der Waals surface area (Å²) in [6.45, 7) is 21.2. The Bertz CT molecular complexity index is 1450. The van der Waals surface area contributed by atoms with Gasteiger partial charge in [-0.1, -0.05) is 61.0 Å². The van der Waals surface area contributed by atoms with Crippen molar-refractivity contribution in [2.45, 2.75) is 87.6 Å². The molecule has 0 radical (unpaired) electrons. The monoisotopic (exact) mass is 627 g/mol. The van der Waals surface area contributed by atoms with E-state index in [2.05, 4.69) is 59.5 Å². The minimum Gasteiger partial charge on any atom is -0.338 e. The molecule has 3 aromatic heterocycles. The van der Waals surface area contributed by atoms with E-state index < -0.39 is 5.41 Å². The lowest BCUT2D eigenvalue weighted by molar-refractivity contribution is -0.106. The van der Waals surface area contributed by atoms with E-state index in [0.717, 1.165) is 67.2 Å². The van der Waals surface area contributed by atoms with E-state index in [1.54, 1.807) is 6.20 Å². The van der Waals surface area contributed by atoms with Gasteiger partial charge in [-0.25, -0.2) is 15.0 Å². The van der Waals surface area contributed by atoms with Gasteiger partial charge in [0.25, 0.3) is 0 Å². The lowest BCUT2D eigenvalue weighted by atomic mass is 9.73. The third kappa shape index (κ3) is 10.2. The molecule has 0 aromatic carbocycles. The highest BCUT2D eigenvalue weighted by Gasteiger charge is 2.34. The van der Waals surface area contributed by atoms with Crippen LogP contribution in [0.5, 0.6) is 0 Å². The Morgan fingerprint density at radius 3 is 2.28 bits per heavy atom. The van der Waals surface area contributed by atoms with Gasteiger partial charge >= 0.3 is 0 Å². The van der Waals surface area contributed by atoms with Crippen LogP contribution < -0.4 is 4.90 Å². The second-order valence-electron chi connectivity index (χ2n) is 12.9. The fraction of sp³-hybridized carbons (Fsp3) is 0.541. The van der Waals surface area contributed by atoms with Crippen LogP contribution in [0.4, 0.5) is 5.95 Å². The molecule has 1 aliphatic heterocycles. The summed E-state index contributed by atoms with van der Waals surface area (Å²) in [4.78, 5) is 44.7. The second kappa shape index (κ2) is 18.2. The number of hydrogen-bond donors (Lipinski definition) is 0. The molecule has 248 valence electrons. The predicted octanol–water partition coefficient (Wildman–Crippen LogP) is 6.99. The zero-order valence-electron chi connectivity index (χ0n) is 29.5. The molecule has 4 rings (SSSR count). The number of aromatic nitrogens is 4. The molecule has 0 bridgehead atoms. The molecule has 0 N–H and O–H groups in total. The summed E-state index contributed by atoms with van der Waals surface area (Å²) >= 11 is 0. The highest BCUT2D eigenvalue weighted by molar-refractivity contribution is 6.01. The zero-order valence-corrected chi connectivity index (χ0v) is 29.5. The van der Waals surface area contributed by atoms with E-state index in [-0.39, 0.29) is 5.78 Å². The quantitative estimate of drug-likeness (QED) is 0.183. The van der Waals surface area contributed by atoms with Gasteiger partial charge in [0.15, 0.2) is 5.78 Å². The van der Waals surface area contributed by atoms with Crippen molar-refractivity contribution in [2.75, 3.05) is 31.6 Å². The molecule has 1 fully saturated rings. The van der Waals surface area contributed by atoms with Crippen molar-refractivity contribution in [1.82, 2.24) is 24.8 Å². The topological polar surface area (TPSA) is 116 Å². The Morgan fingerprint density at radius 2 is 1.76 bits per heavy atom. The van der Waals surface area contributed by atoms with E-state index in [9.17, 15) is 4.79 Å². The lowest BCUT2D eigenvalue weighted by Crippen LogP contribution is -2.52. The average molecular weight is 628 g/mol. The molecular weight excluding hydrogens is 574 g/mol. The number of aryl methyl sites for hydroxylation is 2. The van der Waals surface area contributed by atoms with Gasteiger partial charge in [-0.05, 0) is 69.3 Å². The Morgan fingerprint density at radius 1 is 1.11 bits per heavy atom. The number of carbonyl (C=O) groups excluding carboxylic acids is 2. The molecule has 1 saturated heterocycles. The Labute approximate surface area is 276 Å². The van der Waals surface area contributed by atoms with E-state index >= 15 is 0 Å². The number of nitrogens with zero attached hydrogens (tertiary/aromatic N) is 7. The van der Waals surface area contributed by atoms with Gasteiger partial charge in [0.1, 0.15) is 18.0 Å². The van der Waals surface area contributed by atoms with E-state index in [1.807, 2.05) is 70.4 Å². The lowest BCUT2D eigenvalue weighted by Gasteiger charge is -2.40. The first-order valence-corrected chi connectivity index (χ1v) is 16.4. The van der Waals surface area contributed by atoms with Crippen molar-refractivity contribution >= 4 is 18.0 Å². The smallest absolute Gasteiger partial charge is 0.225 e. The van der Waals surface area contributed by atoms with Crippen LogP contribution in [0.2, 0.25) is 0 Å². The number of piperazine rings is 1. The van der Waals surface area contributed by atoms with Crippen LogP contribution in [0, 0.1) is 35.5 Å². The van der Waals surface area contributed by atoms with Gasteiger partial charge in [0.2, 0.25) is 5.95 Å². The van der Waals surface area contributed by atoms with Crippen molar-refractivity contribution < 1.29 is 9.59 Å². The average Bonchev–Trinajstić information content (AvgIpc) is 3.05. The number of rotatable bonds is 9. The number of likely N-dealkylation sites (N-methyl/N-ethyl adjacent to an activating group) is 1. The molecule has 2 unspecified atom stereocenters. The predicted molar refractivity (Wildman–Crippen MR) is 186 cm³/mol. The van der Waals surface area contributed by atoms with Crippen LogP contribution in [0.3, 0.4) is 0 Å². The summed E-state index contributed by atoms with van der Waals surface area (Å²) in [6, 6.07) is 10.2. The highest BCUT2D eigenvalue weighted by atomic mass is 16.1. The van der Waals surface area contributed by atoms with Crippen molar-refractivity contribution in [2.24, 2.45) is 17.3 Å². The van der Waals surface area contributed by atoms with Crippen LogP contribution in [0.15, 0.2) is 42.9 Å². The van der Waals surface area contributed by atoms with Gasteiger partial charge in [-0.15, -0.1) is 0 Å². The second-order valence-corrected chi connectivity index (χ2v) is 12.9. The number of hydrogen-bond acceptors (Lipinski definition) is 9. The third-order valence-corrected chi connectivity index (χ3v) is 8.88. The minimum absolute atomic E-state index is 0.158. The number of anilines is 1. The third-order valence-electron chi connectivity index (χ3n) is 8.88. The molecular formula is C37H53N7O2. The molecule has 0 amide bonds. The zero-order chi connectivity index (χ0) is 34.4. The number of nitriles is 1. The van der Waals surface area contributed by atoms with E-state index in [4.69, 9.17) is 15.0 Å². The maximum atomic E-state index is 13.2. The fourth-order valence-electron chi connectivity index (χ4n) is 5.41. The van der Waals surface area contributed by atoms with Crippen molar-refractivity contribution in [3.8, 4) is 17.3 Å². The number of pyridine rings is 2. The Balaban J connectivity index is 0.000000473. The largest absolute Gasteiger partial charge is 0.338 e. The minimum atomic E-state index is -0.413. The molecule has 2 atom stereocenters. The summed E-state index contributed by atoms with van der Waals surface area (Å²) < 4.78 is 0. The number of ketones is 1. The molecule has 0 spiro atoms. The first kappa shape index (κ1) is 38.2. The summed E-state index contributed by atoms with van der Waals surface area (Å²) in [6.07, 6.45) is 9.11. The van der Waals surface area contributed by atoms with E-state index in [0.29, 0.717) is 29.1 Å². The first-order valence-electron chi connectivity index (χ1n) is 16.4. The van der Waals surface area contributed by atoms with Gasteiger partial charge < -0.3 is 9.69 Å². The summed E-state index contributed by atoms with van der Waals surface area (Å²) in [7, 11) is 2.21. The highest BCUT2D eigenvalue weighted by Crippen LogP contribution is 2.34. The van der Waals surface area contributed by atoms with Gasteiger partial charge in [0, 0.05) is 66.5 Å². The van der Waals surface area contributed by atoms with Gasteiger partial charge in [-0.3, -0.25) is 14.7 Å². The standard InChI is InChI=1S/C27H41N5O.C8H8N2.C2H4O/c1-9-19(4)27(6,7)25(33)23-10-11-24(30-20(23)5)21-15-28-26(29-16-21)32-13-12-31(8)22(17-32)14-18(2)3;1-2-7-4-3-5-10-8(7)6-9;1-2-3/h10-11,15-16,18-19,22H,9,12-14,17H2,1-8H3;3-5H,2H2,1H3;2H,1H3.